The minimum absolute atomic E-state index is 0.0247. The molecule has 0 saturated carbocycles. The summed E-state index contributed by atoms with van der Waals surface area (Å²) in [4.78, 5) is 25.5. The summed E-state index contributed by atoms with van der Waals surface area (Å²) in [7, 11) is 1.51. The predicted octanol–water partition coefficient (Wildman–Crippen LogP) is 3.51. The molecule has 0 aliphatic carbocycles. The molecule has 1 N–H and O–H groups in total. The van der Waals surface area contributed by atoms with Gasteiger partial charge >= 0.3 is 12.1 Å². The normalized spacial score (nSPS) is 18.2. The Morgan fingerprint density at radius 2 is 2.00 bits per heavy atom. The number of piperidine rings is 1. The Hall–Kier alpha value is -2.24. The van der Waals surface area contributed by atoms with Crippen molar-refractivity contribution in [3.63, 3.8) is 0 Å². The molecule has 1 aromatic carbocycles. The van der Waals surface area contributed by atoms with Crippen molar-refractivity contribution in [2.45, 2.75) is 45.1 Å². The first-order chi connectivity index (χ1) is 11.2. The van der Waals surface area contributed by atoms with Gasteiger partial charge in [0.25, 0.3) is 0 Å². The van der Waals surface area contributed by atoms with Gasteiger partial charge in [-0.2, -0.15) is 0 Å². The SMILES string of the molecule is COc1ccc(C2CCCN(C(=O)OC(C)(C)C)C2)c(C(=O)O)c1. The number of carboxylic acids is 1. The lowest BCUT2D eigenvalue weighted by molar-refractivity contribution is 0.0198. The zero-order chi connectivity index (χ0) is 17.9. The molecule has 1 aliphatic heterocycles. The van der Waals surface area contributed by atoms with Gasteiger partial charge in [-0.15, -0.1) is 0 Å². The lowest BCUT2D eigenvalue weighted by Crippen LogP contribution is -2.42. The molecule has 1 heterocycles. The number of methoxy groups -OCH3 is 1. The maximum atomic E-state index is 12.3. The molecular weight excluding hydrogens is 310 g/mol. The maximum Gasteiger partial charge on any atom is 0.410 e. The smallest absolute Gasteiger partial charge is 0.410 e. The van der Waals surface area contributed by atoms with Crippen LogP contribution in [0.2, 0.25) is 0 Å². The summed E-state index contributed by atoms with van der Waals surface area (Å²) in [5, 5.41) is 9.48. The molecule has 0 radical (unpaired) electrons. The first-order valence-electron chi connectivity index (χ1n) is 8.10. The second kappa shape index (κ2) is 7.11. The summed E-state index contributed by atoms with van der Waals surface area (Å²) >= 11 is 0. The van der Waals surface area contributed by atoms with E-state index in [4.69, 9.17) is 9.47 Å². The number of rotatable bonds is 3. The molecule has 1 saturated heterocycles. The van der Waals surface area contributed by atoms with Crippen molar-refractivity contribution in [3.05, 3.63) is 29.3 Å². The number of carboxylic acid groups (broad SMARTS) is 1. The van der Waals surface area contributed by atoms with Crippen molar-refractivity contribution in [1.82, 2.24) is 4.90 Å². The van der Waals surface area contributed by atoms with Gasteiger partial charge in [0.2, 0.25) is 0 Å². The van der Waals surface area contributed by atoms with Crippen molar-refractivity contribution in [3.8, 4) is 5.75 Å². The molecule has 6 nitrogen and oxygen atoms in total. The molecule has 1 aliphatic rings. The molecule has 24 heavy (non-hydrogen) atoms. The number of carbonyl (C=O) groups excluding carboxylic acids is 1. The molecule has 0 aromatic heterocycles. The van der Waals surface area contributed by atoms with Crippen molar-refractivity contribution in [2.24, 2.45) is 0 Å². The Bertz CT molecular complexity index is 620. The standard InChI is InChI=1S/C18H25NO5/c1-18(2,3)24-17(22)19-9-5-6-12(11-19)14-8-7-13(23-4)10-15(14)16(20)21/h7-8,10,12H,5-6,9,11H2,1-4H3,(H,20,21). The van der Waals surface area contributed by atoms with Crippen LogP contribution in [0.15, 0.2) is 18.2 Å². The van der Waals surface area contributed by atoms with Crippen LogP contribution >= 0.6 is 0 Å². The van der Waals surface area contributed by atoms with Crippen LogP contribution in [0.3, 0.4) is 0 Å². The number of carbonyl (C=O) groups is 2. The van der Waals surface area contributed by atoms with Gasteiger partial charge in [-0.05, 0) is 51.3 Å². The molecule has 1 aromatic rings. The molecule has 0 spiro atoms. The van der Waals surface area contributed by atoms with Crippen molar-refractivity contribution < 1.29 is 24.2 Å². The van der Waals surface area contributed by atoms with E-state index in [-0.39, 0.29) is 17.6 Å². The minimum atomic E-state index is -0.988. The number of benzene rings is 1. The third kappa shape index (κ3) is 4.40. The van der Waals surface area contributed by atoms with Crippen molar-refractivity contribution >= 4 is 12.1 Å². The zero-order valence-electron chi connectivity index (χ0n) is 14.7. The first-order valence-corrected chi connectivity index (χ1v) is 8.10. The number of ether oxygens (including phenoxy) is 2. The zero-order valence-corrected chi connectivity index (χ0v) is 14.7. The minimum Gasteiger partial charge on any atom is -0.497 e. The highest BCUT2D eigenvalue weighted by Gasteiger charge is 2.30. The highest BCUT2D eigenvalue weighted by molar-refractivity contribution is 5.90. The summed E-state index contributed by atoms with van der Waals surface area (Å²) in [5.74, 6) is -0.502. The van der Waals surface area contributed by atoms with Crippen LogP contribution in [0.25, 0.3) is 0 Å². The Kier molecular flexibility index (Phi) is 5.36. The summed E-state index contributed by atoms with van der Waals surface area (Å²) < 4.78 is 10.5. The Labute approximate surface area is 142 Å². The highest BCUT2D eigenvalue weighted by atomic mass is 16.6. The third-order valence-electron chi connectivity index (χ3n) is 4.00. The van der Waals surface area contributed by atoms with E-state index in [1.165, 1.54) is 13.2 Å². The lowest BCUT2D eigenvalue weighted by Gasteiger charge is -2.34. The predicted molar refractivity (Wildman–Crippen MR) is 89.7 cm³/mol. The van der Waals surface area contributed by atoms with Gasteiger partial charge in [0.05, 0.1) is 12.7 Å². The van der Waals surface area contributed by atoms with Crippen LogP contribution in [0.1, 0.15) is 55.5 Å². The first kappa shape index (κ1) is 18.1. The van der Waals surface area contributed by atoms with Gasteiger partial charge in [0.15, 0.2) is 0 Å². The number of aromatic carboxylic acids is 1. The van der Waals surface area contributed by atoms with E-state index in [1.807, 2.05) is 20.8 Å². The van der Waals surface area contributed by atoms with Gasteiger partial charge in [-0.1, -0.05) is 6.07 Å². The molecular formula is C18H25NO5. The van der Waals surface area contributed by atoms with E-state index in [1.54, 1.807) is 17.0 Å². The summed E-state index contributed by atoms with van der Waals surface area (Å²) in [6, 6.07) is 5.07. The molecule has 1 fully saturated rings. The fourth-order valence-electron chi connectivity index (χ4n) is 2.93. The van der Waals surface area contributed by atoms with E-state index >= 15 is 0 Å². The number of hydrogen-bond acceptors (Lipinski definition) is 4. The van der Waals surface area contributed by atoms with E-state index in [2.05, 4.69) is 0 Å². The fraction of sp³-hybridized carbons (Fsp3) is 0.556. The molecule has 1 atom stereocenters. The summed E-state index contributed by atoms with van der Waals surface area (Å²) in [5.41, 5.74) is 0.415. The second-order valence-corrected chi connectivity index (χ2v) is 7.02. The molecule has 1 amide bonds. The number of hydrogen-bond donors (Lipinski definition) is 1. The van der Waals surface area contributed by atoms with E-state index in [0.717, 1.165) is 18.4 Å². The number of likely N-dealkylation sites (tertiary alicyclic amines) is 1. The van der Waals surface area contributed by atoms with Gasteiger partial charge in [-0.25, -0.2) is 9.59 Å². The van der Waals surface area contributed by atoms with Gasteiger partial charge < -0.3 is 19.5 Å². The van der Waals surface area contributed by atoms with Gasteiger partial charge in [0.1, 0.15) is 11.4 Å². The Morgan fingerprint density at radius 1 is 1.29 bits per heavy atom. The highest BCUT2D eigenvalue weighted by Crippen LogP contribution is 2.32. The van der Waals surface area contributed by atoms with Crippen LogP contribution in [0.4, 0.5) is 4.79 Å². The Morgan fingerprint density at radius 3 is 2.58 bits per heavy atom. The summed E-state index contributed by atoms with van der Waals surface area (Å²) in [6.45, 7) is 6.58. The second-order valence-electron chi connectivity index (χ2n) is 7.02. The number of nitrogens with zero attached hydrogens (tertiary/aromatic N) is 1. The van der Waals surface area contributed by atoms with Crippen LogP contribution < -0.4 is 4.74 Å². The van der Waals surface area contributed by atoms with Crippen LogP contribution in [-0.4, -0.2) is 47.9 Å². The van der Waals surface area contributed by atoms with Crippen LogP contribution in [-0.2, 0) is 4.74 Å². The quantitative estimate of drug-likeness (QED) is 0.915. The average Bonchev–Trinajstić information content (AvgIpc) is 2.52. The molecule has 132 valence electrons. The van der Waals surface area contributed by atoms with Crippen LogP contribution in [0.5, 0.6) is 5.75 Å². The van der Waals surface area contributed by atoms with E-state index in [0.29, 0.717) is 18.8 Å². The van der Waals surface area contributed by atoms with E-state index < -0.39 is 11.6 Å². The Balaban J connectivity index is 2.20. The van der Waals surface area contributed by atoms with Crippen molar-refractivity contribution in [2.75, 3.05) is 20.2 Å². The van der Waals surface area contributed by atoms with E-state index in [9.17, 15) is 14.7 Å². The third-order valence-corrected chi connectivity index (χ3v) is 4.00. The van der Waals surface area contributed by atoms with Gasteiger partial charge in [0, 0.05) is 19.0 Å². The molecule has 0 bridgehead atoms. The van der Waals surface area contributed by atoms with Crippen LogP contribution in [0, 0.1) is 0 Å². The monoisotopic (exact) mass is 335 g/mol. The molecule has 1 unspecified atom stereocenters. The molecule has 6 heteroatoms. The largest absolute Gasteiger partial charge is 0.497 e. The summed E-state index contributed by atoms with van der Waals surface area (Å²) in [6.07, 6.45) is 1.30. The molecule has 2 rings (SSSR count). The topological polar surface area (TPSA) is 76.1 Å². The fourth-order valence-corrected chi connectivity index (χ4v) is 2.93. The number of amides is 1. The average molecular weight is 335 g/mol. The van der Waals surface area contributed by atoms with Gasteiger partial charge in [-0.3, -0.25) is 0 Å². The van der Waals surface area contributed by atoms with Crippen molar-refractivity contribution in [1.29, 1.82) is 0 Å². The lowest BCUT2D eigenvalue weighted by atomic mass is 9.87. The maximum absolute atomic E-state index is 12.3.